The standard InChI is InChI=1S/C15H19ClO2/c1-12(15(17)18-2)14(10-6-7-11-16)13-8-4-3-5-9-13/h3-5,8-9H,6-7,10-11H2,1-2H3/b14-12+. The van der Waals surface area contributed by atoms with Gasteiger partial charge in [0, 0.05) is 11.5 Å². The second-order valence-electron chi connectivity index (χ2n) is 4.11. The summed E-state index contributed by atoms with van der Waals surface area (Å²) in [4.78, 5) is 11.7. The SMILES string of the molecule is COC(=O)/C(C)=C(\CCCCCl)c1ccccc1. The molecular weight excluding hydrogens is 248 g/mol. The van der Waals surface area contributed by atoms with E-state index in [2.05, 4.69) is 0 Å². The van der Waals surface area contributed by atoms with Gasteiger partial charge in [-0.3, -0.25) is 0 Å². The molecule has 3 heteroatoms. The summed E-state index contributed by atoms with van der Waals surface area (Å²) in [7, 11) is 1.41. The number of hydrogen-bond donors (Lipinski definition) is 0. The lowest BCUT2D eigenvalue weighted by molar-refractivity contribution is -0.135. The van der Waals surface area contributed by atoms with Crippen molar-refractivity contribution in [3.63, 3.8) is 0 Å². The fourth-order valence-electron chi connectivity index (χ4n) is 1.86. The van der Waals surface area contributed by atoms with Crippen LogP contribution >= 0.6 is 11.6 Å². The minimum absolute atomic E-state index is 0.264. The van der Waals surface area contributed by atoms with E-state index in [1.807, 2.05) is 37.3 Å². The van der Waals surface area contributed by atoms with Crippen LogP contribution in [0, 0.1) is 0 Å². The Bertz CT molecular complexity index is 410. The molecule has 0 amide bonds. The summed E-state index contributed by atoms with van der Waals surface area (Å²) in [5.74, 6) is 0.388. The Morgan fingerprint density at radius 2 is 1.89 bits per heavy atom. The molecule has 0 aliphatic carbocycles. The maximum absolute atomic E-state index is 11.7. The van der Waals surface area contributed by atoms with Gasteiger partial charge in [0.2, 0.25) is 0 Å². The van der Waals surface area contributed by atoms with Crippen LogP contribution in [0.2, 0.25) is 0 Å². The highest BCUT2D eigenvalue weighted by Crippen LogP contribution is 2.25. The summed E-state index contributed by atoms with van der Waals surface area (Å²) in [6.45, 7) is 1.81. The zero-order chi connectivity index (χ0) is 13.4. The van der Waals surface area contributed by atoms with E-state index in [9.17, 15) is 4.79 Å². The number of benzene rings is 1. The molecule has 0 aromatic heterocycles. The molecule has 0 heterocycles. The van der Waals surface area contributed by atoms with Gasteiger partial charge in [-0.15, -0.1) is 11.6 Å². The first-order valence-corrected chi connectivity index (χ1v) is 6.63. The van der Waals surface area contributed by atoms with E-state index in [-0.39, 0.29) is 5.97 Å². The lowest BCUT2D eigenvalue weighted by Gasteiger charge is -2.11. The first kappa shape index (κ1) is 14.8. The molecule has 0 saturated heterocycles. The Balaban J connectivity index is 2.99. The van der Waals surface area contributed by atoms with Crippen LogP contribution in [0.3, 0.4) is 0 Å². The van der Waals surface area contributed by atoms with Gasteiger partial charge in [0.25, 0.3) is 0 Å². The molecule has 2 nitrogen and oxygen atoms in total. The first-order valence-electron chi connectivity index (χ1n) is 6.10. The van der Waals surface area contributed by atoms with E-state index < -0.39 is 0 Å². The number of methoxy groups -OCH3 is 1. The van der Waals surface area contributed by atoms with E-state index in [0.29, 0.717) is 11.5 Å². The molecule has 0 bridgehead atoms. The Hall–Kier alpha value is -1.28. The van der Waals surface area contributed by atoms with E-state index in [1.54, 1.807) is 0 Å². The predicted molar refractivity (Wildman–Crippen MR) is 75.6 cm³/mol. The molecule has 98 valence electrons. The zero-order valence-electron chi connectivity index (χ0n) is 10.9. The van der Waals surface area contributed by atoms with Gasteiger partial charge in [-0.2, -0.15) is 0 Å². The third-order valence-corrected chi connectivity index (χ3v) is 3.14. The normalized spacial score (nSPS) is 11.9. The van der Waals surface area contributed by atoms with Gasteiger partial charge < -0.3 is 4.74 Å². The van der Waals surface area contributed by atoms with Crippen LogP contribution in [0.5, 0.6) is 0 Å². The monoisotopic (exact) mass is 266 g/mol. The van der Waals surface area contributed by atoms with Crippen LogP contribution in [-0.2, 0) is 9.53 Å². The Morgan fingerprint density at radius 3 is 2.44 bits per heavy atom. The average molecular weight is 267 g/mol. The van der Waals surface area contributed by atoms with Gasteiger partial charge in [0.05, 0.1) is 7.11 Å². The lowest BCUT2D eigenvalue weighted by atomic mass is 9.96. The molecule has 18 heavy (non-hydrogen) atoms. The Morgan fingerprint density at radius 1 is 1.22 bits per heavy atom. The second-order valence-corrected chi connectivity index (χ2v) is 4.49. The number of ether oxygens (including phenoxy) is 1. The van der Waals surface area contributed by atoms with Crippen molar-refractivity contribution in [3.8, 4) is 0 Å². The fourth-order valence-corrected chi connectivity index (χ4v) is 2.05. The number of carbonyl (C=O) groups is 1. The largest absolute Gasteiger partial charge is 0.466 e. The summed E-state index contributed by atoms with van der Waals surface area (Å²) in [5.41, 5.74) is 2.81. The van der Waals surface area contributed by atoms with Crippen molar-refractivity contribution in [1.29, 1.82) is 0 Å². The summed E-state index contributed by atoms with van der Waals surface area (Å²) in [6, 6.07) is 9.95. The number of halogens is 1. The topological polar surface area (TPSA) is 26.3 Å². The highest BCUT2D eigenvalue weighted by molar-refractivity contribution is 6.17. The fraction of sp³-hybridized carbons (Fsp3) is 0.400. The number of esters is 1. The molecule has 1 rings (SSSR count). The second kappa shape index (κ2) is 7.93. The lowest BCUT2D eigenvalue weighted by Crippen LogP contribution is -2.05. The van der Waals surface area contributed by atoms with Gasteiger partial charge in [-0.25, -0.2) is 4.79 Å². The van der Waals surface area contributed by atoms with E-state index in [1.165, 1.54) is 7.11 Å². The minimum atomic E-state index is -0.264. The van der Waals surface area contributed by atoms with Crippen LogP contribution in [-0.4, -0.2) is 19.0 Å². The average Bonchev–Trinajstić information content (AvgIpc) is 2.43. The van der Waals surface area contributed by atoms with Crippen molar-refractivity contribution < 1.29 is 9.53 Å². The maximum Gasteiger partial charge on any atom is 0.333 e. The quantitative estimate of drug-likeness (QED) is 0.336. The van der Waals surface area contributed by atoms with Crippen molar-refractivity contribution in [2.24, 2.45) is 0 Å². The molecule has 0 atom stereocenters. The summed E-state index contributed by atoms with van der Waals surface area (Å²) >= 11 is 5.69. The minimum Gasteiger partial charge on any atom is -0.466 e. The number of allylic oxidation sites excluding steroid dienone is 1. The highest BCUT2D eigenvalue weighted by Gasteiger charge is 2.12. The van der Waals surface area contributed by atoms with Gasteiger partial charge >= 0.3 is 5.97 Å². The molecule has 0 unspecified atom stereocenters. The molecule has 0 saturated carbocycles. The van der Waals surface area contributed by atoms with Crippen LogP contribution in [0.1, 0.15) is 31.7 Å². The molecule has 0 N–H and O–H groups in total. The van der Waals surface area contributed by atoms with E-state index in [4.69, 9.17) is 16.3 Å². The first-order chi connectivity index (χ1) is 8.70. The molecule has 1 aromatic carbocycles. The summed E-state index contributed by atoms with van der Waals surface area (Å²) < 4.78 is 4.80. The molecule has 0 aliphatic rings. The van der Waals surface area contributed by atoms with E-state index >= 15 is 0 Å². The smallest absolute Gasteiger partial charge is 0.333 e. The maximum atomic E-state index is 11.7. The number of rotatable bonds is 6. The van der Waals surface area contributed by atoms with Crippen LogP contribution in [0.15, 0.2) is 35.9 Å². The molecule has 0 aliphatic heterocycles. The van der Waals surface area contributed by atoms with Gasteiger partial charge in [0.15, 0.2) is 0 Å². The van der Waals surface area contributed by atoms with Crippen LogP contribution in [0.25, 0.3) is 5.57 Å². The van der Waals surface area contributed by atoms with E-state index in [0.717, 1.165) is 30.4 Å². The third kappa shape index (κ3) is 4.19. The van der Waals surface area contributed by atoms with Crippen molar-refractivity contribution in [1.82, 2.24) is 0 Å². The summed E-state index contributed by atoms with van der Waals surface area (Å²) in [5, 5.41) is 0. The number of carbonyl (C=O) groups excluding carboxylic acids is 1. The Labute approximate surface area is 114 Å². The number of unbranched alkanes of at least 4 members (excludes halogenated alkanes) is 1. The Kier molecular flexibility index (Phi) is 6.51. The third-order valence-electron chi connectivity index (χ3n) is 2.88. The predicted octanol–water partition coefficient (Wildman–Crippen LogP) is 4.04. The van der Waals surface area contributed by atoms with Gasteiger partial charge in [-0.1, -0.05) is 30.3 Å². The molecule has 0 spiro atoms. The van der Waals surface area contributed by atoms with Gasteiger partial charge in [-0.05, 0) is 37.3 Å². The highest BCUT2D eigenvalue weighted by atomic mass is 35.5. The molecule has 0 radical (unpaired) electrons. The van der Waals surface area contributed by atoms with Crippen molar-refractivity contribution in [3.05, 3.63) is 41.5 Å². The number of hydrogen-bond acceptors (Lipinski definition) is 2. The van der Waals surface area contributed by atoms with Gasteiger partial charge in [0.1, 0.15) is 0 Å². The van der Waals surface area contributed by atoms with Crippen molar-refractivity contribution in [2.75, 3.05) is 13.0 Å². The van der Waals surface area contributed by atoms with Crippen LogP contribution in [0.4, 0.5) is 0 Å². The number of alkyl halides is 1. The summed E-state index contributed by atoms with van der Waals surface area (Å²) in [6.07, 6.45) is 2.77. The zero-order valence-corrected chi connectivity index (χ0v) is 11.7. The van der Waals surface area contributed by atoms with Crippen LogP contribution < -0.4 is 0 Å². The molecule has 1 aromatic rings. The van der Waals surface area contributed by atoms with Crippen molar-refractivity contribution in [2.45, 2.75) is 26.2 Å². The molecule has 0 fully saturated rings. The van der Waals surface area contributed by atoms with Crippen molar-refractivity contribution >= 4 is 23.1 Å². The molecular formula is C15H19ClO2.